The number of hydrogen-bond donors (Lipinski definition) is 1. The summed E-state index contributed by atoms with van der Waals surface area (Å²) in [5, 5.41) is 18.9. The molecule has 164 valence electrons. The zero-order valence-electron chi connectivity index (χ0n) is 17.2. The Bertz CT molecular complexity index is 1530. The number of pyridine rings is 1. The largest absolute Gasteiger partial charge is 0.508 e. The molecule has 2 aromatic carbocycles. The number of para-hydroxylation sites is 1. The number of halogens is 2. The Labute approximate surface area is 192 Å². The van der Waals surface area contributed by atoms with Crippen molar-refractivity contribution in [1.29, 1.82) is 0 Å². The molecule has 0 aliphatic heterocycles. The van der Waals surface area contributed by atoms with E-state index in [0.29, 0.717) is 52.1 Å². The highest BCUT2D eigenvalue weighted by Crippen LogP contribution is 2.28. The van der Waals surface area contributed by atoms with Crippen molar-refractivity contribution >= 4 is 17.2 Å². The van der Waals surface area contributed by atoms with Gasteiger partial charge < -0.3 is 5.11 Å². The van der Waals surface area contributed by atoms with Crippen LogP contribution in [0.4, 0.5) is 4.39 Å². The van der Waals surface area contributed by atoms with Gasteiger partial charge in [0, 0.05) is 36.0 Å². The molecule has 0 bridgehead atoms. The second-order valence-electron chi connectivity index (χ2n) is 7.43. The number of nitrogens with zero attached hydrogens (tertiary/aromatic N) is 5. The molecule has 3 aromatic heterocycles. The maximum absolute atomic E-state index is 13.5. The van der Waals surface area contributed by atoms with E-state index in [2.05, 4.69) is 15.2 Å². The predicted molar refractivity (Wildman–Crippen MR) is 122 cm³/mol. The van der Waals surface area contributed by atoms with Crippen LogP contribution >= 0.6 is 11.6 Å². The van der Waals surface area contributed by atoms with Crippen LogP contribution in [-0.2, 0) is 12.8 Å². The zero-order valence-corrected chi connectivity index (χ0v) is 17.9. The molecule has 0 aliphatic rings. The van der Waals surface area contributed by atoms with Crippen molar-refractivity contribution in [3.05, 3.63) is 106 Å². The Morgan fingerprint density at radius 3 is 2.55 bits per heavy atom. The Balaban J connectivity index is 1.55. The van der Waals surface area contributed by atoms with Crippen molar-refractivity contribution in [3.8, 4) is 22.8 Å². The fourth-order valence-electron chi connectivity index (χ4n) is 3.66. The van der Waals surface area contributed by atoms with Crippen molar-refractivity contribution in [1.82, 2.24) is 24.1 Å². The van der Waals surface area contributed by atoms with Gasteiger partial charge in [-0.15, -0.1) is 10.2 Å². The first-order valence-electron chi connectivity index (χ1n) is 10.2. The van der Waals surface area contributed by atoms with Gasteiger partial charge in [0.15, 0.2) is 5.82 Å². The van der Waals surface area contributed by atoms with Gasteiger partial charge in [-0.3, -0.25) is 13.8 Å². The summed E-state index contributed by atoms with van der Waals surface area (Å²) in [7, 11) is 0. The number of hydrogen-bond acceptors (Lipinski definition) is 5. The van der Waals surface area contributed by atoms with E-state index >= 15 is 0 Å². The highest BCUT2D eigenvalue weighted by molar-refractivity contribution is 6.32. The second-order valence-corrected chi connectivity index (χ2v) is 7.84. The smallest absolute Gasteiger partial charge is 0.258 e. The van der Waals surface area contributed by atoms with Gasteiger partial charge in [0.25, 0.3) is 5.56 Å². The average Bonchev–Trinajstić information content (AvgIpc) is 3.22. The maximum Gasteiger partial charge on any atom is 0.258 e. The third kappa shape index (κ3) is 4.08. The molecule has 0 spiro atoms. The SMILES string of the molecule is O=c1cc(CCc2nnc(-c3ccc(F)cc3)n2-c2ccccc2Cl)nc2cc(O)ccn12. The molecule has 3 heterocycles. The number of aromatic nitrogens is 5. The fourth-order valence-corrected chi connectivity index (χ4v) is 3.88. The van der Waals surface area contributed by atoms with E-state index < -0.39 is 0 Å². The van der Waals surface area contributed by atoms with Crippen LogP contribution in [0.3, 0.4) is 0 Å². The molecule has 7 nitrogen and oxygen atoms in total. The van der Waals surface area contributed by atoms with Crippen molar-refractivity contribution in [2.75, 3.05) is 0 Å². The number of fused-ring (bicyclic) bond motifs is 1. The lowest BCUT2D eigenvalue weighted by Crippen LogP contribution is -2.16. The summed E-state index contributed by atoms with van der Waals surface area (Å²) in [6, 6.07) is 17.6. The molecule has 0 amide bonds. The lowest BCUT2D eigenvalue weighted by Gasteiger charge is -2.12. The zero-order chi connectivity index (χ0) is 22.9. The molecule has 5 rings (SSSR count). The molecule has 0 saturated heterocycles. The first-order chi connectivity index (χ1) is 16.0. The summed E-state index contributed by atoms with van der Waals surface area (Å²) in [5.74, 6) is 0.818. The van der Waals surface area contributed by atoms with Gasteiger partial charge in [-0.05, 0) is 48.9 Å². The molecule has 0 saturated carbocycles. The summed E-state index contributed by atoms with van der Waals surface area (Å²) < 4.78 is 16.7. The first-order valence-corrected chi connectivity index (χ1v) is 10.5. The normalized spacial score (nSPS) is 11.2. The first kappa shape index (κ1) is 20.8. The third-order valence-electron chi connectivity index (χ3n) is 5.23. The van der Waals surface area contributed by atoms with Gasteiger partial charge in [0.2, 0.25) is 0 Å². The van der Waals surface area contributed by atoms with Gasteiger partial charge in [-0.2, -0.15) is 0 Å². The number of aromatic hydroxyl groups is 1. The van der Waals surface area contributed by atoms with Gasteiger partial charge in [-0.25, -0.2) is 9.37 Å². The van der Waals surface area contributed by atoms with Crippen molar-refractivity contribution in [2.45, 2.75) is 12.8 Å². The van der Waals surface area contributed by atoms with E-state index in [1.807, 2.05) is 22.8 Å². The van der Waals surface area contributed by atoms with Crippen LogP contribution in [0.25, 0.3) is 22.7 Å². The van der Waals surface area contributed by atoms with Crippen LogP contribution in [-0.4, -0.2) is 29.3 Å². The lowest BCUT2D eigenvalue weighted by molar-refractivity contribution is 0.474. The minimum Gasteiger partial charge on any atom is -0.508 e. The van der Waals surface area contributed by atoms with E-state index in [9.17, 15) is 14.3 Å². The van der Waals surface area contributed by atoms with Gasteiger partial charge in [0.05, 0.1) is 10.7 Å². The van der Waals surface area contributed by atoms with Crippen LogP contribution in [0.5, 0.6) is 5.75 Å². The summed E-state index contributed by atoms with van der Waals surface area (Å²) in [6.07, 6.45) is 2.31. The highest BCUT2D eigenvalue weighted by atomic mass is 35.5. The standard InChI is InChI=1S/C24H17ClFN5O2/c25-19-3-1-2-4-20(19)31-21(28-29-24(31)15-5-7-16(26)8-6-15)10-9-17-13-23(33)30-12-11-18(32)14-22(30)27-17/h1-8,11-14,32H,9-10H2. The molecule has 5 aromatic rings. The molecule has 0 radical (unpaired) electrons. The monoisotopic (exact) mass is 461 g/mol. The van der Waals surface area contributed by atoms with E-state index in [1.54, 1.807) is 18.2 Å². The Morgan fingerprint density at radius 1 is 0.970 bits per heavy atom. The van der Waals surface area contributed by atoms with Gasteiger partial charge in [0.1, 0.15) is 23.0 Å². The molecule has 0 unspecified atom stereocenters. The van der Waals surface area contributed by atoms with Crippen LogP contribution in [0.1, 0.15) is 11.5 Å². The molecular weight excluding hydrogens is 445 g/mol. The maximum atomic E-state index is 13.5. The van der Waals surface area contributed by atoms with Gasteiger partial charge in [-0.1, -0.05) is 23.7 Å². The van der Waals surface area contributed by atoms with E-state index in [-0.39, 0.29) is 17.1 Å². The second kappa shape index (κ2) is 8.48. The predicted octanol–water partition coefficient (Wildman–Crippen LogP) is 4.23. The van der Waals surface area contributed by atoms with E-state index in [4.69, 9.17) is 11.6 Å². The molecule has 0 fully saturated rings. The molecule has 0 aliphatic carbocycles. The molecule has 33 heavy (non-hydrogen) atoms. The Hall–Kier alpha value is -4.04. The van der Waals surface area contributed by atoms with E-state index in [1.165, 1.54) is 40.9 Å². The highest BCUT2D eigenvalue weighted by Gasteiger charge is 2.18. The Morgan fingerprint density at radius 2 is 1.76 bits per heavy atom. The van der Waals surface area contributed by atoms with Crippen molar-refractivity contribution in [3.63, 3.8) is 0 Å². The summed E-state index contributed by atoms with van der Waals surface area (Å²) in [6.45, 7) is 0. The van der Waals surface area contributed by atoms with Crippen LogP contribution < -0.4 is 5.56 Å². The van der Waals surface area contributed by atoms with Crippen molar-refractivity contribution < 1.29 is 9.50 Å². The lowest BCUT2D eigenvalue weighted by atomic mass is 10.2. The van der Waals surface area contributed by atoms with E-state index in [0.717, 1.165) is 0 Å². The average molecular weight is 462 g/mol. The molecule has 9 heteroatoms. The minimum atomic E-state index is -0.345. The molecular formula is C24H17ClFN5O2. The van der Waals surface area contributed by atoms with Crippen LogP contribution in [0.2, 0.25) is 5.02 Å². The van der Waals surface area contributed by atoms with Gasteiger partial charge >= 0.3 is 0 Å². The number of benzene rings is 2. The Kier molecular flexibility index (Phi) is 5.35. The molecule has 0 atom stereocenters. The van der Waals surface area contributed by atoms with Crippen LogP contribution in [0, 0.1) is 5.82 Å². The third-order valence-corrected chi connectivity index (χ3v) is 5.55. The topological polar surface area (TPSA) is 85.3 Å². The minimum absolute atomic E-state index is 0.0291. The summed E-state index contributed by atoms with van der Waals surface area (Å²) >= 11 is 6.47. The summed E-state index contributed by atoms with van der Waals surface area (Å²) in [4.78, 5) is 16.9. The molecule has 1 N–H and O–H groups in total. The fraction of sp³-hybridized carbons (Fsp3) is 0.0833. The number of rotatable bonds is 5. The quantitative estimate of drug-likeness (QED) is 0.423. The van der Waals surface area contributed by atoms with Crippen LogP contribution in [0.15, 0.2) is 77.7 Å². The number of aryl methyl sites for hydroxylation is 2. The van der Waals surface area contributed by atoms with Crippen molar-refractivity contribution in [2.24, 2.45) is 0 Å². The summed E-state index contributed by atoms with van der Waals surface area (Å²) in [5.41, 5.74) is 2.05.